The summed E-state index contributed by atoms with van der Waals surface area (Å²) in [5.74, 6) is 1.39. The molecule has 0 spiro atoms. The summed E-state index contributed by atoms with van der Waals surface area (Å²) in [4.78, 5) is 6.30. The number of hydrogen-bond acceptors (Lipinski definition) is 4. The molecule has 2 rings (SSSR count). The number of hydrogen-bond donors (Lipinski definition) is 2. The SMILES string of the molecule is Nc1cccc(N2CCCC(O)C2)n1. The second-order valence-electron chi connectivity index (χ2n) is 3.66. The van der Waals surface area contributed by atoms with Gasteiger partial charge in [-0.3, -0.25) is 0 Å². The van der Waals surface area contributed by atoms with Gasteiger partial charge in [-0.15, -0.1) is 0 Å². The van der Waals surface area contributed by atoms with Crippen molar-refractivity contribution in [3.05, 3.63) is 18.2 Å². The van der Waals surface area contributed by atoms with Crippen molar-refractivity contribution in [2.75, 3.05) is 23.7 Å². The number of pyridine rings is 1. The van der Waals surface area contributed by atoms with Gasteiger partial charge in [-0.25, -0.2) is 4.98 Å². The Morgan fingerprint density at radius 2 is 2.36 bits per heavy atom. The first kappa shape index (κ1) is 9.27. The zero-order valence-corrected chi connectivity index (χ0v) is 8.06. The first-order valence-electron chi connectivity index (χ1n) is 4.91. The molecule has 14 heavy (non-hydrogen) atoms. The third-order valence-electron chi connectivity index (χ3n) is 2.48. The van der Waals surface area contributed by atoms with E-state index >= 15 is 0 Å². The Labute approximate surface area is 83.4 Å². The van der Waals surface area contributed by atoms with Crippen molar-refractivity contribution in [2.24, 2.45) is 0 Å². The van der Waals surface area contributed by atoms with E-state index in [-0.39, 0.29) is 6.10 Å². The van der Waals surface area contributed by atoms with E-state index < -0.39 is 0 Å². The number of β-amino-alcohol motifs (C(OH)–C–C–N with tert-alkyl or cyclic N) is 1. The van der Waals surface area contributed by atoms with Gasteiger partial charge in [0.25, 0.3) is 0 Å². The van der Waals surface area contributed by atoms with Crippen molar-refractivity contribution in [1.82, 2.24) is 4.98 Å². The van der Waals surface area contributed by atoms with Crippen molar-refractivity contribution < 1.29 is 5.11 Å². The van der Waals surface area contributed by atoms with Crippen LogP contribution in [0.25, 0.3) is 0 Å². The lowest BCUT2D eigenvalue weighted by Crippen LogP contribution is -2.38. The molecule has 0 aromatic carbocycles. The van der Waals surface area contributed by atoms with Gasteiger partial charge in [0.05, 0.1) is 6.10 Å². The fourth-order valence-corrected chi connectivity index (χ4v) is 1.78. The van der Waals surface area contributed by atoms with E-state index in [4.69, 9.17) is 5.73 Å². The second-order valence-corrected chi connectivity index (χ2v) is 3.66. The lowest BCUT2D eigenvalue weighted by Gasteiger charge is -2.31. The molecule has 76 valence electrons. The molecule has 1 fully saturated rings. The number of aromatic nitrogens is 1. The van der Waals surface area contributed by atoms with Gasteiger partial charge in [0.1, 0.15) is 11.6 Å². The Hall–Kier alpha value is -1.29. The summed E-state index contributed by atoms with van der Waals surface area (Å²) in [6, 6.07) is 5.58. The third-order valence-corrected chi connectivity index (χ3v) is 2.48. The van der Waals surface area contributed by atoms with E-state index in [2.05, 4.69) is 9.88 Å². The van der Waals surface area contributed by atoms with E-state index in [0.29, 0.717) is 12.4 Å². The van der Waals surface area contributed by atoms with Crippen LogP contribution in [-0.4, -0.2) is 29.3 Å². The molecule has 1 aromatic rings. The molecule has 1 aliphatic heterocycles. The summed E-state index contributed by atoms with van der Waals surface area (Å²) in [6.07, 6.45) is 1.67. The van der Waals surface area contributed by atoms with Gasteiger partial charge in [-0.2, -0.15) is 0 Å². The summed E-state index contributed by atoms with van der Waals surface area (Å²) in [7, 11) is 0. The van der Waals surface area contributed by atoms with Crippen LogP contribution in [0.15, 0.2) is 18.2 Å². The molecular weight excluding hydrogens is 178 g/mol. The number of nitrogen functional groups attached to an aromatic ring is 1. The highest BCUT2D eigenvalue weighted by molar-refractivity contribution is 5.45. The first-order valence-corrected chi connectivity index (χ1v) is 4.91. The van der Waals surface area contributed by atoms with Gasteiger partial charge >= 0.3 is 0 Å². The number of aliphatic hydroxyl groups is 1. The van der Waals surface area contributed by atoms with Gasteiger partial charge in [-0.1, -0.05) is 6.07 Å². The minimum Gasteiger partial charge on any atom is -0.391 e. The Morgan fingerprint density at radius 1 is 1.50 bits per heavy atom. The molecule has 4 heteroatoms. The Balaban J connectivity index is 2.14. The molecule has 4 nitrogen and oxygen atoms in total. The van der Waals surface area contributed by atoms with E-state index in [1.807, 2.05) is 12.1 Å². The topological polar surface area (TPSA) is 62.4 Å². The standard InChI is InChI=1S/C10H15N3O/c11-9-4-1-5-10(12-9)13-6-2-3-8(14)7-13/h1,4-5,8,14H,2-3,6-7H2,(H2,11,12). The van der Waals surface area contributed by atoms with Gasteiger partial charge in [0.15, 0.2) is 0 Å². The smallest absolute Gasteiger partial charge is 0.131 e. The molecule has 1 aromatic heterocycles. The highest BCUT2D eigenvalue weighted by Crippen LogP contribution is 2.18. The second kappa shape index (κ2) is 3.84. The average Bonchev–Trinajstić information content (AvgIpc) is 2.18. The van der Waals surface area contributed by atoms with Crippen LogP contribution in [0, 0.1) is 0 Å². The molecule has 0 saturated carbocycles. The molecule has 2 heterocycles. The average molecular weight is 193 g/mol. The lowest BCUT2D eigenvalue weighted by atomic mass is 10.1. The van der Waals surface area contributed by atoms with Crippen LogP contribution in [0.4, 0.5) is 11.6 Å². The molecule has 3 N–H and O–H groups in total. The predicted octanol–water partition coefficient (Wildman–Crippen LogP) is 0.625. The zero-order valence-electron chi connectivity index (χ0n) is 8.06. The normalized spacial score (nSPS) is 22.4. The van der Waals surface area contributed by atoms with Crippen LogP contribution < -0.4 is 10.6 Å². The van der Waals surface area contributed by atoms with Crippen molar-refractivity contribution in [2.45, 2.75) is 18.9 Å². The Kier molecular flexibility index (Phi) is 2.54. The Morgan fingerprint density at radius 3 is 3.07 bits per heavy atom. The summed E-state index contributed by atoms with van der Waals surface area (Å²) >= 11 is 0. The molecule has 0 amide bonds. The van der Waals surface area contributed by atoms with Crippen LogP contribution in [-0.2, 0) is 0 Å². The van der Waals surface area contributed by atoms with Gasteiger partial charge in [0, 0.05) is 13.1 Å². The predicted molar refractivity (Wildman–Crippen MR) is 56.1 cm³/mol. The number of nitrogens with two attached hydrogens (primary N) is 1. The number of anilines is 2. The van der Waals surface area contributed by atoms with E-state index in [1.54, 1.807) is 6.07 Å². The number of rotatable bonds is 1. The van der Waals surface area contributed by atoms with Crippen molar-refractivity contribution in [3.63, 3.8) is 0 Å². The summed E-state index contributed by atoms with van der Waals surface area (Å²) in [6.45, 7) is 1.62. The van der Waals surface area contributed by atoms with Gasteiger partial charge < -0.3 is 15.7 Å². The van der Waals surface area contributed by atoms with Gasteiger partial charge in [0.2, 0.25) is 0 Å². The molecular formula is C10H15N3O. The first-order chi connectivity index (χ1) is 6.75. The number of nitrogens with zero attached hydrogens (tertiary/aromatic N) is 2. The highest BCUT2D eigenvalue weighted by Gasteiger charge is 2.18. The third kappa shape index (κ3) is 1.96. The van der Waals surface area contributed by atoms with E-state index in [9.17, 15) is 5.11 Å². The molecule has 0 bridgehead atoms. The fourth-order valence-electron chi connectivity index (χ4n) is 1.78. The maximum atomic E-state index is 9.51. The van der Waals surface area contributed by atoms with Crippen LogP contribution in [0.5, 0.6) is 0 Å². The van der Waals surface area contributed by atoms with Crippen LogP contribution >= 0.6 is 0 Å². The van der Waals surface area contributed by atoms with Crippen molar-refractivity contribution in [1.29, 1.82) is 0 Å². The largest absolute Gasteiger partial charge is 0.391 e. The number of aliphatic hydroxyl groups excluding tert-OH is 1. The molecule has 1 atom stereocenters. The Bertz CT molecular complexity index is 316. The molecule has 1 aliphatic rings. The molecule has 1 saturated heterocycles. The van der Waals surface area contributed by atoms with Crippen molar-refractivity contribution >= 4 is 11.6 Å². The van der Waals surface area contributed by atoms with Crippen LogP contribution in [0.1, 0.15) is 12.8 Å². The summed E-state index contributed by atoms with van der Waals surface area (Å²) < 4.78 is 0. The summed E-state index contributed by atoms with van der Waals surface area (Å²) in [5, 5.41) is 9.51. The molecule has 1 unspecified atom stereocenters. The van der Waals surface area contributed by atoms with Crippen LogP contribution in [0.3, 0.4) is 0 Å². The lowest BCUT2D eigenvalue weighted by molar-refractivity contribution is 0.154. The molecule has 0 radical (unpaired) electrons. The maximum Gasteiger partial charge on any atom is 0.131 e. The minimum atomic E-state index is -0.230. The fraction of sp³-hybridized carbons (Fsp3) is 0.500. The van der Waals surface area contributed by atoms with E-state index in [0.717, 1.165) is 25.2 Å². The summed E-state index contributed by atoms with van der Waals surface area (Å²) in [5.41, 5.74) is 5.60. The zero-order chi connectivity index (χ0) is 9.97. The van der Waals surface area contributed by atoms with Crippen LogP contribution in [0.2, 0.25) is 0 Å². The van der Waals surface area contributed by atoms with E-state index in [1.165, 1.54) is 0 Å². The maximum absolute atomic E-state index is 9.51. The highest BCUT2D eigenvalue weighted by atomic mass is 16.3. The molecule has 0 aliphatic carbocycles. The van der Waals surface area contributed by atoms with Crippen molar-refractivity contribution in [3.8, 4) is 0 Å². The quantitative estimate of drug-likeness (QED) is 0.686. The monoisotopic (exact) mass is 193 g/mol. The van der Waals surface area contributed by atoms with Gasteiger partial charge in [-0.05, 0) is 25.0 Å². The number of piperidine rings is 1. The minimum absolute atomic E-state index is 0.230.